The number of nitrogen functional groups attached to an aromatic ring is 2. The molecule has 1 aromatic heterocycles. The number of anilines is 2. The second kappa shape index (κ2) is 22.2. The topological polar surface area (TPSA) is 217 Å². The van der Waals surface area contributed by atoms with E-state index in [1.807, 2.05) is 4.93 Å². The van der Waals surface area contributed by atoms with Gasteiger partial charge in [0.05, 0.1) is 66.9 Å². The number of carboxylic acids is 1. The van der Waals surface area contributed by atoms with Crippen LogP contribution in [0.15, 0.2) is 24.3 Å². The monoisotopic (exact) mass is 952 g/mol. The summed E-state index contributed by atoms with van der Waals surface area (Å²) in [6, 6.07) is 5.90. The summed E-state index contributed by atoms with van der Waals surface area (Å²) in [7, 11) is -2.52. The summed E-state index contributed by atoms with van der Waals surface area (Å²) in [6.07, 6.45) is -9.51. The van der Waals surface area contributed by atoms with E-state index in [0.717, 1.165) is 30.5 Å². The van der Waals surface area contributed by atoms with E-state index in [-0.39, 0.29) is 10.0 Å². The van der Waals surface area contributed by atoms with Gasteiger partial charge in [0.25, 0.3) is 0 Å². The molecule has 0 saturated heterocycles. The Labute approximate surface area is 310 Å². The molecule has 2 aromatic carbocycles. The Kier molecular flexibility index (Phi) is 23.4. The molecule has 0 bridgehead atoms. The van der Waals surface area contributed by atoms with Gasteiger partial charge in [0.15, 0.2) is 11.0 Å². The molecule has 0 spiro atoms. The van der Waals surface area contributed by atoms with Gasteiger partial charge >= 0.3 is 34.5 Å². The molecular weight excluding hydrogens is 927 g/mol. The summed E-state index contributed by atoms with van der Waals surface area (Å²) in [5.74, 6) is -3.52. The van der Waals surface area contributed by atoms with Crippen molar-refractivity contribution in [3.63, 3.8) is 0 Å². The summed E-state index contributed by atoms with van der Waals surface area (Å²) >= 11 is 25.0. The molecule has 49 heavy (non-hydrogen) atoms. The van der Waals surface area contributed by atoms with Crippen molar-refractivity contribution in [3.05, 3.63) is 50.2 Å². The predicted molar refractivity (Wildman–Crippen MR) is 178 cm³/mol. The highest BCUT2D eigenvalue weighted by Gasteiger charge is 2.45. The standard InChI is InChI=1S/C10H8Cl2F3N2.C6H6Cl2N2.C2HF3O2.C2H6O4S.CH3I.CH4O4S/c1-16-7-3-5(11)6(12)4-8(7)17(2)9(16)10(13,14)15;7-3-1-5(9)6(10)2-4(3)8;3-2(4,5)1(6)7;1-5-7(3,4)6-2;1-2;1-5-6(2,3)4/h3-4H,1-2H3;1-2H,9-10H2;(H,6,7);1-2H3;1H3;1H3,(H,2,3,4)/q+1;;;;;/p-1. The first-order chi connectivity index (χ1) is 22.0. The van der Waals surface area contributed by atoms with E-state index in [1.54, 1.807) is 0 Å². The third-order valence-corrected chi connectivity index (χ3v) is 7.28. The van der Waals surface area contributed by atoms with Crippen LogP contribution in [-0.2, 0) is 58.4 Å². The second-order valence-corrected chi connectivity index (χ2v) is 12.0. The van der Waals surface area contributed by atoms with Crippen molar-refractivity contribution in [2.24, 2.45) is 14.1 Å². The van der Waals surface area contributed by atoms with Gasteiger partial charge in [-0.2, -0.15) is 34.8 Å². The Hall–Kier alpha value is -1.81. The molecule has 3 rings (SSSR count). The lowest BCUT2D eigenvalue weighted by molar-refractivity contribution is -0.667. The minimum Gasteiger partial charge on any atom is -0.726 e. The second-order valence-electron chi connectivity index (χ2n) is 7.71. The van der Waals surface area contributed by atoms with E-state index < -0.39 is 44.9 Å². The van der Waals surface area contributed by atoms with Crippen LogP contribution in [0.25, 0.3) is 11.0 Å². The molecule has 0 unspecified atom stereocenters. The first-order valence-corrected chi connectivity index (χ1v) is 17.8. The molecule has 1 heterocycles. The van der Waals surface area contributed by atoms with Crippen LogP contribution in [0.3, 0.4) is 0 Å². The third-order valence-electron chi connectivity index (χ3n) is 4.61. The third kappa shape index (κ3) is 20.0. The number of aliphatic carboxylic acids is 1. The highest BCUT2D eigenvalue weighted by atomic mass is 127. The fraction of sp³-hybridized carbons (Fsp3) is 0.364. The Morgan fingerprint density at radius 1 is 0.837 bits per heavy atom. The fourth-order valence-corrected chi connectivity index (χ4v) is 3.34. The van der Waals surface area contributed by atoms with Crippen LogP contribution in [0.4, 0.5) is 37.7 Å². The molecule has 0 saturated carbocycles. The number of benzene rings is 2. The molecule has 14 nitrogen and oxygen atoms in total. The Balaban J connectivity index is -0.000000571. The summed E-state index contributed by atoms with van der Waals surface area (Å²) in [5, 5.41) is 8.44. The molecule has 284 valence electrons. The lowest BCUT2D eigenvalue weighted by Crippen LogP contribution is -2.37. The number of nitrogens with zero attached hydrogens (tertiary/aromatic N) is 2. The van der Waals surface area contributed by atoms with Gasteiger partial charge in [-0.3, -0.25) is 12.5 Å². The number of halogens is 11. The maximum absolute atomic E-state index is 12.8. The van der Waals surface area contributed by atoms with Crippen LogP contribution in [0.1, 0.15) is 5.82 Å². The minimum absolute atomic E-state index is 0.231. The molecule has 5 N–H and O–H groups in total. The number of fused-ring (bicyclic) bond motifs is 1. The van der Waals surface area contributed by atoms with Crippen molar-refractivity contribution >= 4 is 118 Å². The van der Waals surface area contributed by atoms with Crippen LogP contribution in [0, 0.1) is 0 Å². The van der Waals surface area contributed by atoms with Gasteiger partial charge in [0, 0.05) is 12.1 Å². The molecule has 27 heteroatoms. The van der Waals surface area contributed by atoms with Crippen molar-refractivity contribution in [2.75, 3.05) is 37.7 Å². The van der Waals surface area contributed by atoms with Gasteiger partial charge in [0.2, 0.25) is 10.4 Å². The average Bonchev–Trinajstić information content (AvgIpc) is 3.22. The van der Waals surface area contributed by atoms with E-state index in [4.69, 9.17) is 67.8 Å². The largest absolute Gasteiger partial charge is 0.726 e. The highest BCUT2D eigenvalue weighted by Crippen LogP contribution is 2.32. The maximum atomic E-state index is 12.8. The molecular formula is C22H27Cl4F6IN4O10S2. The van der Waals surface area contributed by atoms with Gasteiger partial charge in [-0.15, -0.1) is 0 Å². The van der Waals surface area contributed by atoms with Crippen molar-refractivity contribution in [1.29, 1.82) is 0 Å². The van der Waals surface area contributed by atoms with E-state index in [1.165, 1.54) is 38.4 Å². The van der Waals surface area contributed by atoms with Crippen LogP contribution >= 0.6 is 69.0 Å². The van der Waals surface area contributed by atoms with Crippen LogP contribution in [0.5, 0.6) is 0 Å². The zero-order chi connectivity index (χ0) is 39.9. The summed E-state index contributed by atoms with van der Waals surface area (Å²) in [4.78, 5) is 10.9. The lowest BCUT2D eigenvalue weighted by atomic mass is 10.3. The molecule has 3 aromatic rings. The fourth-order valence-electron chi connectivity index (χ4n) is 2.54. The van der Waals surface area contributed by atoms with E-state index in [9.17, 15) is 47.7 Å². The number of nitrogens with two attached hydrogens (primary N) is 2. The predicted octanol–water partition coefficient (Wildman–Crippen LogP) is 5.79. The zero-order valence-corrected chi connectivity index (χ0v) is 32.3. The molecule has 0 aliphatic heterocycles. The van der Waals surface area contributed by atoms with Gasteiger partial charge in [-0.05, 0) is 17.1 Å². The highest BCUT2D eigenvalue weighted by molar-refractivity contribution is 14.1. The molecule has 0 radical (unpaired) electrons. The van der Waals surface area contributed by atoms with Crippen molar-refractivity contribution in [3.8, 4) is 0 Å². The van der Waals surface area contributed by atoms with Crippen molar-refractivity contribution < 1.29 is 74.7 Å². The molecule has 0 amide bonds. The Morgan fingerprint density at radius 3 is 1.39 bits per heavy atom. The number of carboxylic acid groups (broad SMARTS) is 1. The van der Waals surface area contributed by atoms with Crippen molar-refractivity contribution in [2.45, 2.75) is 12.4 Å². The van der Waals surface area contributed by atoms with Gasteiger partial charge < -0.3 is 21.1 Å². The normalized spacial score (nSPS) is 11.1. The average molecular weight is 954 g/mol. The number of rotatable bonds is 3. The quantitative estimate of drug-likeness (QED) is 0.0541. The van der Waals surface area contributed by atoms with Crippen LogP contribution in [0.2, 0.25) is 20.1 Å². The van der Waals surface area contributed by atoms with Gasteiger partial charge in [-0.1, -0.05) is 69.0 Å². The van der Waals surface area contributed by atoms with Crippen LogP contribution in [-0.4, -0.2) is 69.5 Å². The van der Waals surface area contributed by atoms with E-state index in [0.29, 0.717) is 32.5 Å². The summed E-state index contributed by atoms with van der Waals surface area (Å²) in [6.45, 7) is 0. The summed E-state index contributed by atoms with van der Waals surface area (Å²) in [5.41, 5.74) is 12.5. The van der Waals surface area contributed by atoms with Gasteiger partial charge in [-0.25, -0.2) is 22.3 Å². The number of aromatic nitrogens is 2. The Bertz CT molecular complexity index is 1640. The number of carbonyl (C=O) groups is 1. The SMILES string of the molecule is CI.COS(=O)(=O)OC.COS(=O)(=O)[O-].Cn1c(C(F)(F)F)[n+](C)c2cc(Cl)c(Cl)cc21.Nc1cc(Cl)c(Cl)cc1N.O=C(O)C(F)(F)F. The van der Waals surface area contributed by atoms with E-state index >= 15 is 0 Å². The number of alkyl halides is 7. The number of hydrogen-bond donors (Lipinski definition) is 3. The number of hydrogen-bond acceptors (Lipinski definition) is 11. The van der Waals surface area contributed by atoms with Gasteiger partial charge in [0.1, 0.15) is 0 Å². The first-order valence-electron chi connectivity index (χ1n) is 11.4. The first kappa shape index (κ1) is 51.6. The number of aryl methyl sites for hydroxylation is 2. The zero-order valence-electron chi connectivity index (χ0n) is 25.5. The summed E-state index contributed by atoms with van der Waals surface area (Å²) < 4.78 is 131. The molecule has 0 fully saturated rings. The maximum Gasteiger partial charge on any atom is 0.495 e. The van der Waals surface area contributed by atoms with Crippen molar-refractivity contribution in [1.82, 2.24) is 4.57 Å². The number of imidazole rings is 1. The Morgan fingerprint density at radius 2 is 1.14 bits per heavy atom. The van der Waals surface area contributed by atoms with Crippen LogP contribution < -0.4 is 16.0 Å². The lowest BCUT2D eigenvalue weighted by Gasteiger charge is -2.01. The molecule has 0 aliphatic carbocycles. The molecule has 0 atom stereocenters. The smallest absolute Gasteiger partial charge is 0.495 e. The minimum atomic E-state index is -5.08. The molecule has 0 aliphatic rings. The van der Waals surface area contributed by atoms with E-state index in [2.05, 4.69) is 35.1 Å².